The van der Waals surface area contributed by atoms with Crippen LogP contribution in [0.15, 0.2) is 18.2 Å². The van der Waals surface area contributed by atoms with Crippen molar-refractivity contribution in [2.45, 2.75) is 31.7 Å². The second-order valence-electron chi connectivity index (χ2n) is 4.20. The summed E-state index contributed by atoms with van der Waals surface area (Å²) in [6.07, 6.45) is -6.49. The first-order valence-corrected chi connectivity index (χ1v) is 6.03. The quantitative estimate of drug-likeness (QED) is 0.876. The highest BCUT2D eigenvalue weighted by Gasteiger charge is 2.45. The zero-order valence-corrected chi connectivity index (χ0v) is 11.5. The second kappa shape index (κ2) is 6.69. The van der Waals surface area contributed by atoms with Crippen molar-refractivity contribution in [3.05, 3.63) is 18.2 Å². The molecule has 0 aliphatic heterocycles. The minimum atomic E-state index is -4.55. The fourth-order valence-electron chi connectivity index (χ4n) is 1.61. The molecule has 0 spiro atoms. The Kier molecular flexibility index (Phi) is 5.50. The van der Waals surface area contributed by atoms with Crippen molar-refractivity contribution < 1.29 is 27.4 Å². The third-order valence-electron chi connectivity index (χ3n) is 2.77. The van der Waals surface area contributed by atoms with E-state index in [1.807, 2.05) is 0 Å². The SMILES string of the molecule is CCC(N)C(Oc1cc(OC)cc(OC)c1)C(F)(F)F. The van der Waals surface area contributed by atoms with Crippen molar-refractivity contribution in [2.75, 3.05) is 14.2 Å². The monoisotopic (exact) mass is 293 g/mol. The Morgan fingerprint density at radius 2 is 1.50 bits per heavy atom. The van der Waals surface area contributed by atoms with Crippen LogP contribution in [0.2, 0.25) is 0 Å². The number of alkyl halides is 3. The van der Waals surface area contributed by atoms with Crippen LogP contribution in [0.3, 0.4) is 0 Å². The highest BCUT2D eigenvalue weighted by molar-refractivity contribution is 5.42. The van der Waals surface area contributed by atoms with E-state index in [-0.39, 0.29) is 12.2 Å². The highest BCUT2D eigenvalue weighted by Crippen LogP contribution is 2.32. The van der Waals surface area contributed by atoms with E-state index in [4.69, 9.17) is 19.9 Å². The van der Waals surface area contributed by atoms with Gasteiger partial charge >= 0.3 is 6.18 Å². The number of hydrogen-bond acceptors (Lipinski definition) is 4. The molecule has 7 heteroatoms. The Morgan fingerprint density at radius 1 is 1.05 bits per heavy atom. The first kappa shape index (κ1) is 16.4. The van der Waals surface area contributed by atoms with Crippen molar-refractivity contribution in [2.24, 2.45) is 5.73 Å². The van der Waals surface area contributed by atoms with Crippen LogP contribution in [0.1, 0.15) is 13.3 Å². The van der Waals surface area contributed by atoms with E-state index in [0.717, 1.165) is 0 Å². The third-order valence-corrected chi connectivity index (χ3v) is 2.77. The van der Waals surface area contributed by atoms with E-state index < -0.39 is 18.3 Å². The minimum Gasteiger partial charge on any atom is -0.496 e. The molecule has 0 aromatic heterocycles. The summed E-state index contributed by atoms with van der Waals surface area (Å²) in [5.41, 5.74) is 5.48. The Morgan fingerprint density at radius 3 is 1.85 bits per heavy atom. The summed E-state index contributed by atoms with van der Waals surface area (Å²) in [7, 11) is 2.80. The summed E-state index contributed by atoms with van der Waals surface area (Å²) in [4.78, 5) is 0. The summed E-state index contributed by atoms with van der Waals surface area (Å²) in [5, 5.41) is 0. The molecule has 0 aliphatic carbocycles. The second-order valence-corrected chi connectivity index (χ2v) is 4.20. The van der Waals surface area contributed by atoms with Gasteiger partial charge in [0, 0.05) is 18.2 Å². The van der Waals surface area contributed by atoms with E-state index in [2.05, 4.69) is 0 Å². The maximum atomic E-state index is 12.9. The number of benzene rings is 1. The number of ether oxygens (including phenoxy) is 3. The van der Waals surface area contributed by atoms with Gasteiger partial charge in [0.05, 0.1) is 20.3 Å². The van der Waals surface area contributed by atoms with Crippen LogP contribution in [0.4, 0.5) is 13.2 Å². The van der Waals surface area contributed by atoms with Gasteiger partial charge in [-0.1, -0.05) is 6.92 Å². The molecule has 0 amide bonds. The lowest BCUT2D eigenvalue weighted by Gasteiger charge is -2.26. The predicted octanol–water partition coefficient (Wildman–Crippen LogP) is 2.75. The highest BCUT2D eigenvalue weighted by atomic mass is 19.4. The van der Waals surface area contributed by atoms with Crippen molar-refractivity contribution in [1.82, 2.24) is 0 Å². The van der Waals surface area contributed by atoms with Crippen molar-refractivity contribution in [3.8, 4) is 17.2 Å². The smallest absolute Gasteiger partial charge is 0.426 e. The van der Waals surface area contributed by atoms with Crippen LogP contribution >= 0.6 is 0 Å². The van der Waals surface area contributed by atoms with E-state index in [1.54, 1.807) is 6.92 Å². The van der Waals surface area contributed by atoms with Crippen LogP contribution < -0.4 is 19.9 Å². The summed E-state index contributed by atoms with van der Waals surface area (Å²) in [6, 6.07) is 3.09. The molecule has 2 N–H and O–H groups in total. The molecule has 2 unspecified atom stereocenters. The fraction of sp³-hybridized carbons (Fsp3) is 0.538. The molecule has 1 aromatic rings. The molecule has 0 fully saturated rings. The van der Waals surface area contributed by atoms with Gasteiger partial charge < -0.3 is 19.9 Å². The normalized spacial score (nSPS) is 14.6. The van der Waals surface area contributed by atoms with Crippen LogP contribution in [0, 0.1) is 0 Å². The Bertz CT molecular complexity index is 415. The lowest BCUT2D eigenvalue weighted by molar-refractivity contribution is -0.200. The first-order valence-electron chi connectivity index (χ1n) is 6.03. The van der Waals surface area contributed by atoms with Crippen molar-refractivity contribution >= 4 is 0 Å². The molecule has 2 atom stereocenters. The number of halogens is 3. The average molecular weight is 293 g/mol. The molecule has 0 aliphatic rings. The summed E-state index contributed by atoms with van der Waals surface area (Å²) < 4.78 is 53.8. The number of hydrogen-bond donors (Lipinski definition) is 1. The van der Waals surface area contributed by atoms with Gasteiger partial charge in [-0.3, -0.25) is 0 Å². The van der Waals surface area contributed by atoms with E-state index in [9.17, 15) is 13.2 Å². The van der Waals surface area contributed by atoms with Crippen LogP contribution in [0.25, 0.3) is 0 Å². The molecule has 1 aromatic carbocycles. The molecule has 4 nitrogen and oxygen atoms in total. The number of rotatable bonds is 6. The molecule has 1 rings (SSSR count). The van der Waals surface area contributed by atoms with Crippen LogP contribution in [0.5, 0.6) is 17.2 Å². The summed E-state index contributed by atoms with van der Waals surface area (Å²) in [5.74, 6) is 0.670. The first-order chi connectivity index (χ1) is 9.31. The summed E-state index contributed by atoms with van der Waals surface area (Å²) >= 11 is 0. The largest absolute Gasteiger partial charge is 0.496 e. The lowest BCUT2D eigenvalue weighted by atomic mass is 10.1. The molecule has 0 heterocycles. The molecular weight excluding hydrogens is 275 g/mol. The third kappa shape index (κ3) is 4.19. The average Bonchev–Trinajstić information content (AvgIpc) is 2.42. The van der Waals surface area contributed by atoms with Gasteiger partial charge in [-0.15, -0.1) is 0 Å². The van der Waals surface area contributed by atoms with Gasteiger partial charge in [0.25, 0.3) is 0 Å². The molecule has 0 bridgehead atoms. The Balaban J connectivity index is 3.04. The van der Waals surface area contributed by atoms with Gasteiger partial charge in [0.1, 0.15) is 17.2 Å². The Hall–Kier alpha value is -1.63. The van der Waals surface area contributed by atoms with Crippen molar-refractivity contribution in [3.63, 3.8) is 0 Å². The van der Waals surface area contributed by atoms with Crippen LogP contribution in [-0.4, -0.2) is 32.5 Å². The van der Waals surface area contributed by atoms with Crippen molar-refractivity contribution in [1.29, 1.82) is 0 Å². The van der Waals surface area contributed by atoms with Crippen LogP contribution in [-0.2, 0) is 0 Å². The number of methoxy groups -OCH3 is 2. The van der Waals surface area contributed by atoms with E-state index in [1.165, 1.54) is 32.4 Å². The van der Waals surface area contributed by atoms with Gasteiger partial charge in [0.15, 0.2) is 0 Å². The maximum absolute atomic E-state index is 12.9. The molecular formula is C13H18F3NO3. The van der Waals surface area contributed by atoms with E-state index in [0.29, 0.717) is 11.5 Å². The molecule has 0 saturated carbocycles. The standard InChI is InChI=1S/C13H18F3NO3/c1-4-11(17)12(13(14,15)16)20-10-6-8(18-2)5-9(7-10)19-3/h5-7,11-12H,4,17H2,1-3H3. The van der Waals surface area contributed by atoms with Gasteiger partial charge in [0.2, 0.25) is 6.10 Å². The topological polar surface area (TPSA) is 53.7 Å². The number of nitrogens with two attached hydrogens (primary N) is 1. The van der Waals surface area contributed by atoms with Gasteiger partial charge in [-0.25, -0.2) is 0 Å². The predicted molar refractivity (Wildman–Crippen MR) is 68.3 cm³/mol. The molecule has 20 heavy (non-hydrogen) atoms. The van der Waals surface area contributed by atoms with E-state index >= 15 is 0 Å². The van der Waals surface area contributed by atoms with Gasteiger partial charge in [-0.05, 0) is 6.42 Å². The minimum absolute atomic E-state index is 0.00701. The van der Waals surface area contributed by atoms with Gasteiger partial charge in [-0.2, -0.15) is 13.2 Å². The maximum Gasteiger partial charge on any atom is 0.426 e. The summed E-state index contributed by atoms with van der Waals surface area (Å²) in [6.45, 7) is 1.57. The fourth-order valence-corrected chi connectivity index (χ4v) is 1.61. The Labute approximate surface area is 115 Å². The molecule has 114 valence electrons. The molecule has 0 saturated heterocycles. The molecule has 0 radical (unpaired) electrons. The zero-order valence-electron chi connectivity index (χ0n) is 11.5. The zero-order chi connectivity index (χ0) is 15.3. The lowest BCUT2D eigenvalue weighted by Crippen LogP contribution is -2.48.